The van der Waals surface area contributed by atoms with E-state index in [1.807, 2.05) is 0 Å². The van der Waals surface area contributed by atoms with Gasteiger partial charge in [-0.2, -0.15) is 13.2 Å². The van der Waals surface area contributed by atoms with Crippen molar-refractivity contribution in [2.24, 2.45) is 23.2 Å². The summed E-state index contributed by atoms with van der Waals surface area (Å²) in [5, 5.41) is 0. The van der Waals surface area contributed by atoms with Gasteiger partial charge >= 0.3 is 6.18 Å². The number of alkyl halides is 3. The van der Waals surface area contributed by atoms with Crippen LogP contribution in [0.2, 0.25) is 0 Å². The first-order chi connectivity index (χ1) is 12.2. The molecule has 2 bridgehead atoms. The van der Waals surface area contributed by atoms with Crippen molar-refractivity contribution in [3.05, 3.63) is 35.4 Å². The molecule has 1 aromatic rings. The minimum Gasteiger partial charge on any atom is -0.497 e. The molecule has 4 atom stereocenters. The van der Waals surface area contributed by atoms with E-state index in [-0.39, 0.29) is 12.1 Å². The average Bonchev–Trinajstić information content (AvgIpc) is 3.17. The molecule has 138 valence electrons. The Hall–Kier alpha value is -2.31. The Labute approximate surface area is 148 Å². The maximum Gasteiger partial charge on any atom is 0.404 e. The van der Waals surface area contributed by atoms with Crippen LogP contribution in [0.5, 0.6) is 5.75 Å². The Morgan fingerprint density at radius 2 is 1.73 bits per heavy atom. The van der Waals surface area contributed by atoms with Crippen LogP contribution in [-0.4, -0.2) is 25.1 Å². The van der Waals surface area contributed by atoms with Gasteiger partial charge in [0.05, 0.1) is 18.7 Å². The average molecular weight is 365 g/mol. The molecule has 1 aromatic carbocycles. The van der Waals surface area contributed by atoms with E-state index in [0.717, 1.165) is 10.5 Å². The number of allylic oxidation sites excluding steroid dienone is 2. The van der Waals surface area contributed by atoms with E-state index in [1.165, 1.54) is 31.4 Å². The number of benzene rings is 1. The van der Waals surface area contributed by atoms with Crippen LogP contribution in [0, 0.1) is 23.2 Å². The lowest BCUT2D eigenvalue weighted by molar-refractivity contribution is -0.234. The fourth-order valence-corrected chi connectivity index (χ4v) is 5.17. The second-order valence-electron chi connectivity index (χ2n) is 7.28. The number of halogens is 3. The third-order valence-electron chi connectivity index (χ3n) is 6.48. The van der Waals surface area contributed by atoms with Gasteiger partial charge in [-0.1, -0.05) is 11.1 Å². The van der Waals surface area contributed by atoms with Crippen molar-refractivity contribution in [1.29, 1.82) is 0 Å². The summed E-state index contributed by atoms with van der Waals surface area (Å²) in [6.45, 7) is 3.42. The summed E-state index contributed by atoms with van der Waals surface area (Å²) in [6, 6.07) is 5.92. The number of ether oxygens (including phenoxy) is 1. The van der Waals surface area contributed by atoms with Gasteiger partial charge in [-0.3, -0.25) is 9.59 Å². The minimum absolute atomic E-state index is 0.147. The Kier molecular flexibility index (Phi) is 3.37. The number of hydrogen-bond acceptors (Lipinski definition) is 3. The Morgan fingerprint density at radius 1 is 1.12 bits per heavy atom. The predicted molar refractivity (Wildman–Crippen MR) is 87.4 cm³/mol. The molecule has 2 aliphatic carbocycles. The number of imide groups is 1. The van der Waals surface area contributed by atoms with Gasteiger partial charge in [0, 0.05) is 5.92 Å². The van der Waals surface area contributed by atoms with Crippen LogP contribution in [0.15, 0.2) is 35.4 Å². The molecular formula is C19H18F3NO3. The zero-order valence-electron chi connectivity index (χ0n) is 14.6. The highest BCUT2D eigenvalue weighted by Crippen LogP contribution is 2.70. The van der Waals surface area contributed by atoms with E-state index in [4.69, 9.17) is 4.74 Å². The van der Waals surface area contributed by atoms with E-state index in [9.17, 15) is 22.8 Å². The minimum atomic E-state index is -4.78. The fourth-order valence-electron chi connectivity index (χ4n) is 5.17. The lowest BCUT2D eigenvalue weighted by Gasteiger charge is -2.38. The summed E-state index contributed by atoms with van der Waals surface area (Å²) >= 11 is 0. The smallest absolute Gasteiger partial charge is 0.404 e. The summed E-state index contributed by atoms with van der Waals surface area (Å²) in [7, 11) is 1.46. The summed E-state index contributed by atoms with van der Waals surface area (Å²) in [6.07, 6.45) is -4.57. The number of fused-ring (bicyclic) bond motifs is 5. The number of anilines is 1. The third kappa shape index (κ3) is 1.76. The SMILES string of the molecule is COc1ccc(N2C(=O)C3C4CC(C(C)=C4C)C3(C(F)(F)F)C2=O)cc1. The van der Waals surface area contributed by atoms with Crippen LogP contribution in [0.4, 0.5) is 18.9 Å². The van der Waals surface area contributed by atoms with Crippen molar-refractivity contribution in [3.63, 3.8) is 0 Å². The van der Waals surface area contributed by atoms with Crippen molar-refractivity contribution >= 4 is 17.5 Å². The van der Waals surface area contributed by atoms with Crippen molar-refractivity contribution < 1.29 is 27.5 Å². The van der Waals surface area contributed by atoms with Crippen molar-refractivity contribution in [2.45, 2.75) is 26.4 Å². The number of amides is 2. The van der Waals surface area contributed by atoms with Gasteiger partial charge in [0.1, 0.15) is 5.75 Å². The van der Waals surface area contributed by atoms with Crippen molar-refractivity contribution in [1.82, 2.24) is 0 Å². The van der Waals surface area contributed by atoms with Crippen molar-refractivity contribution in [3.8, 4) is 5.75 Å². The second-order valence-corrected chi connectivity index (χ2v) is 7.28. The maximum atomic E-state index is 14.3. The topological polar surface area (TPSA) is 46.6 Å². The number of carbonyl (C=O) groups is 2. The molecule has 7 heteroatoms. The van der Waals surface area contributed by atoms with Gasteiger partial charge < -0.3 is 4.74 Å². The molecular weight excluding hydrogens is 347 g/mol. The van der Waals surface area contributed by atoms with Crippen LogP contribution >= 0.6 is 0 Å². The highest BCUT2D eigenvalue weighted by molar-refractivity contribution is 6.25. The van der Waals surface area contributed by atoms with Gasteiger partial charge in [0.15, 0.2) is 5.41 Å². The van der Waals surface area contributed by atoms with Crippen LogP contribution < -0.4 is 9.64 Å². The van der Waals surface area contributed by atoms with Gasteiger partial charge in [-0.15, -0.1) is 0 Å². The third-order valence-corrected chi connectivity index (χ3v) is 6.48. The molecule has 1 saturated heterocycles. The lowest BCUT2D eigenvalue weighted by atomic mass is 9.65. The van der Waals surface area contributed by atoms with Gasteiger partial charge in [0.25, 0.3) is 5.91 Å². The van der Waals surface area contributed by atoms with E-state index in [1.54, 1.807) is 13.8 Å². The van der Waals surface area contributed by atoms with E-state index in [2.05, 4.69) is 0 Å². The van der Waals surface area contributed by atoms with E-state index in [0.29, 0.717) is 11.3 Å². The summed E-state index contributed by atoms with van der Waals surface area (Å²) in [5.74, 6) is -4.27. The highest BCUT2D eigenvalue weighted by atomic mass is 19.4. The molecule has 2 amide bonds. The molecule has 0 spiro atoms. The molecule has 4 rings (SSSR count). The quantitative estimate of drug-likeness (QED) is 0.593. The molecule has 2 fully saturated rings. The van der Waals surface area contributed by atoms with Crippen LogP contribution in [0.1, 0.15) is 20.3 Å². The molecule has 0 radical (unpaired) electrons. The summed E-state index contributed by atoms with van der Waals surface area (Å²) in [5.41, 5.74) is -1.08. The maximum absolute atomic E-state index is 14.3. The number of methoxy groups -OCH3 is 1. The molecule has 0 aromatic heterocycles. The van der Waals surface area contributed by atoms with E-state index < -0.39 is 41.2 Å². The first-order valence-electron chi connectivity index (χ1n) is 8.42. The molecule has 1 heterocycles. The first kappa shape index (κ1) is 17.1. The van der Waals surface area contributed by atoms with Gasteiger partial charge in [0.2, 0.25) is 5.91 Å². The van der Waals surface area contributed by atoms with Crippen molar-refractivity contribution in [2.75, 3.05) is 12.0 Å². The van der Waals surface area contributed by atoms with Crippen LogP contribution in [0.25, 0.3) is 0 Å². The molecule has 1 aliphatic heterocycles. The Bertz CT molecular complexity index is 843. The lowest BCUT2D eigenvalue weighted by Crippen LogP contribution is -2.52. The highest BCUT2D eigenvalue weighted by Gasteiger charge is 2.81. The van der Waals surface area contributed by atoms with Gasteiger partial charge in [-0.05, 0) is 50.5 Å². The largest absolute Gasteiger partial charge is 0.497 e. The Balaban J connectivity index is 1.87. The number of nitrogens with zero attached hydrogens (tertiary/aromatic N) is 1. The first-order valence-corrected chi connectivity index (χ1v) is 8.42. The molecule has 26 heavy (non-hydrogen) atoms. The molecule has 4 unspecified atom stereocenters. The Morgan fingerprint density at radius 3 is 2.27 bits per heavy atom. The molecule has 0 N–H and O–H groups in total. The zero-order chi connectivity index (χ0) is 19.0. The second kappa shape index (κ2) is 5.11. The fraction of sp³-hybridized carbons (Fsp3) is 0.474. The number of carbonyl (C=O) groups excluding carboxylic acids is 2. The number of hydrogen-bond donors (Lipinski definition) is 0. The molecule has 4 nitrogen and oxygen atoms in total. The predicted octanol–water partition coefficient (Wildman–Crippen LogP) is 3.72. The molecule has 3 aliphatic rings. The number of rotatable bonds is 2. The zero-order valence-corrected chi connectivity index (χ0v) is 14.6. The molecule has 1 saturated carbocycles. The normalized spacial score (nSPS) is 33.3. The monoisotopic (exact) mass is 365 g/mol. The standard InChI is InChI=1S/C19H18F3NO3/c1-9-10(2)14-8-13(9)15-16(24)23(11-4-6-12(26-3)7-5-11)17(25)18(14,15)19(20,21)22/h4-7,13-15H,8H2,1-3H3. The van der Waals surface area contributed by atoms with E-state index >= 15 is 0 Å². The van der Waals surface area contributed by atoms with Crippen LogP contribution in [-0.2, 0) is 9.59 Å². The summed E-state index contributed by atoms with van der Waals surface area (Å²) in [4.78, 5) is 26.8. The van der Waals surface area contributed by atoms with Crippen LogP contribution in [0.3, 0.4) is 0 Å². The summed E-state index contributed by atoms with van der Waals surface area (Å²) < 4.78 is 47.8. The van der Waals surface area contributed by atoms with Gasteiger partial charge in [-0.25, -0.2) is 4.90 Å².